The second kappa shape index (κ2) is 3.21. The fourth-order valence-electron chi connectivity index (χ4n) is 0.695. The van der Waals surface area contributed by atoms with Gasteiger partial charge in [0.15, 0.2) is 0 Å². The second-order valence-corrected chi connectivity index (χ2v) is 3.64. The molecule has 0 aromatic heterocycles. The largest absolute Gasteiger partial charge is 0.233 e. The number of rotatable bonds is 2. The molecule has 1 radical (unpaired) electrons. The average Bonchev–Trinajstić information content (AvgIpc) is 1.64. The van der Waals surface area contributed by atoms with E-state index in [9.17, 15) is 5.11 Å². The Hall–Kier alpha value is -0.0400. The van der Waals surface area contributed by atoms with Crippen LogP contribution in [0.15, 0.2) is 0 Å². The first-order valence-electron chi connectivity index (χ1n) is 3.64. The van der Waals surface area contributed by atoms with Gasteiger partial charge in [0.25, 0.3) is 0 Å². The molecule has 0 rings (SSSR count). The molecule has 0 spiro atoms. The third-order valence-corrected chi connectivity index (χ3v) is 1.52. The first-order chi connectivity index (χ1) is 3.98. The Balaban J connectivity index is 3.59. The van der Waals surface area contributed by atoms with Crippen LogP contribution in [0.1, 0.15) is 40.5 Å². The summed E-state index contributed by atoms with van der Waals surface area (Å²) in [5, 5.41) is 11.1. The van der Waals surface area contributed by atoms with E-state index in [-0.39, 0.29) is 11.5 Å². The van der Waals surface area contributed by atoms with Crippen LogP contribution >= 0.6 is 0 Å². The SMILES string of the molecule is CCCC([O])C(C)(C)C. The van der Waals surface area contributed by atoms with Crippen LogP contribution in [0.3, 0.4) is 0 Å². The van der Waals surface area contributed by atoms with Crippen molar-refractivity contribution in [3.63, 3.8) is 0 Å². The van der Waals surface area contributed by atoms with Crippen molar-refractivity contribution in [3.8, 4) is 0 Å². The van der Waals surface area contributed by atoms with Crippen molar-refractivity contribution < 1.29 is 5.11 Å². The van der Waals surface area contributed by atoms with Gasteiger partial charge >= 0.3 is 0 Å². The van der Waals surface area contributed by atoms with Crippen molar-refractivity contribution in [2.75, 3.05) is 0 Å². The highest BCUT2D eigenvalue weighted by Crippen LogP contribution is 2.22. The van der Waals surface area contributed by atoms with Gasteiger partial charge in [-0.15, -0.1) is 0 Å². The van der Waals surface area contributed by atoms with Gasteiger partial charge in [-0.05, 0) is 11.8 Å². The Bertz CT molecular complexity index is 71.1. The highest BCUT2D eigenvalue weighted by Gasteiger charge is 2.22. The molecule has 0 aliphatic rings. The van der Waals surface area contributed by atoms with E-state index in [1.54, 1.807) is 0 Å². The van der Waals surface area contributed by atoms with Gasteiger partial charge < -0.3 is 0 Å². The third-order valence-electron chi connectivity index (χ3n) is 1.52. The maximum Gasteiger partial charge on any atom is 0.0978 e. The molecule has 1 atom stereocenters. The van der Waals surface area contributed by atoms with Crippen LogP contribution in [-0.2, 0) is 5.11 Å². The fraction of sp³-hybridized carbons (Fsp3) is 1.00. The number of hydrogen-bond acceptors (Lipinski definition) is 0. The van der Waals surface area contributed by atoms with Crippen LogP contribution in [-0.4, -0.2) is 6.10 Å². The molecule has 0 aromatic carbocycles. The van der Waals surface area contributed by atoms with Crippen molar-refractivity contribution in [3.05, 3.63) is 0 Å². The molecular weight excluding hydrogens is 112 g/mol. The maximum atomic E-state index is 11.1. The highest BCUT2D eigenvalue weighted by atomic mass is 16.3. The fourth-order valence-corrected chi connectivity index (χ4v) is 0.695. The second-order valence-electron chi connectivity index (χ2n) is 3.64. The van der Waals surface area contributed by atoms with Crippen LogP contribution in [0.25, 0.3) is 0 Å². The molecule has 0 saturated heterocycles. The molecule has 0 aromatic rings. The minimum Gasteiger partial charge on any atom is -0.233 e. The predicted molar refractivity (Wildman–Crippen MR) is 38.8 cm³/mol. The molecule has 1 unspecified atom stereocenters. The monoisotopic (exact) mass is 129 g/mol. The summed E-state index contributed by atoms with van der Waals surface area (Å²) < 4.78 is 0. The van der Waals surface area contributed by atoms with Gasteiger partial charge in [-0.1, -0.05) is 34.1 Å². The third kappa shape index (κ3) is 3.52. The molecule has 0 aliphatic heterocycles. The van der Waals surface area contributed by atoms with Crippen LogP contribution in [0.4, 0.5) is 0 Å². The summed E-state index contributed by atoms with van der Waals surface area (Å²) in [5.41, 5.74) is -0.0456. The van der Waals surface area contributed by atoms with Gasteiger partial charge in [0.1, 0.15) is 0 Å². The summed E-state index contributed by atoms with van der Waals surface area (Å²) in [7, 11) is 0. The van der Waals surface area contributed by atoms with Gasteiger partial charge in [0.2, 0.25) is 0 Å². The molecule has 1 heteroatoms. The zero-order valence-electron chi connectivity index (χ0n) is 6.90. The van der Waals surface area contributed by atoms with E-state index in [0.717, 1.165) is 12.8 Å². The van der Waals surface area contributed by atoms with E-state index in [1.165, 1.54) is 0 Å². The summed E-state index contributed by atoms with van der Waals surface area (Å²) in [6.07, 6.45) is 1.43. The predicted octanol–water partition coefficient (Wildman–Crippen LogP) is 2.63. The van der Waals surface area contributed by atoms with E-state index in [2.05, 4.69) is 6.92 Å². The summed E-state index contributed by atoms with van der Waals surface area (Å²) >= 11 is 0. The van der Waals surface area contributed by atoms with E-state index in [0.29, 0.717) is 0 Å². The van der Waals surface area contributed by atoms with Gasteiger partial charge in [0, 0.05) is 0 Å². The van der Waals surface area contributed by atoms with Crippen molar-refractivity contribution in [1.82, 2.24) is 0 Å². The number of hydrogen-bond donors (Lipinski definition) is 0. The molecule has 0 bridgehead atoms. The van der Waals surface area contributed by atoms with E-state index >= 15 is 0 Å². The molecule has 0 heterocycles. The quantitative estimate of drug-likeness (QED) is 0.546. The van der Waals surface area contributed by atoms with Crippen molar-refractivity contribution in [1.29, 1.82) is 0 Å². The topological polar surface area (TPSA) is 19.9 Å². The van der Waals surface area contributed by atoms with Crippen molar-refractivity contribution >= 4 is 0 Å². The molecule has 1 nitrogen and oxygen atoms in total. The molecule has 0 aliphatic carbocycles. The lowest BCUT2D eigenvalue weighted by Gasteiger charge is -2.22. The summed E-state index contributed by atoms with van der Waals surface area (Å²) in [4.78, 5) is 0. The lowest BCUT2D eigenvalue weighted by atomic mass is 9.87. The lowest BCUT2D eigenvalue weighted by molar-refractivity contribution is -0.00585. The summed E-state index contributed by atoms with van der Waals surface area (Å²) in [6.45, 7) is 8.05. The Labute approximate surface area is 58.1 Å². The van der Waals surface area contributed by atoms with E-state index in [1.807, 2.05) is 20.8 Å². The van der Waals surface area contributed by atoms with Gasteiger partial charge in [-0.2, -0.15) is 0 Å². The Morgan fingerprint density at radius 3 is 1.89 bits per heavy atom. The molecule has 0 amide bonds. The normalized spacial score (nSPS) is 15.7. The van der Waals surface area contributed by atoms with Crippen LogP contribution in [0.2, 0.25) is 0 Å². The minimum absolute atomic E-state index is 0.0456. The Morgan fingerprint density at radius 1 is 1.33 bits per heavy atom. The van der Waals surface area contributed by atoms with Gasteiger partial charge in [-0.3, -0.25) is 0 Å². The van der Waals surface area contributed by atoms with Gasteiger partial charge in [0.05, 0.1) is 6.10 Å². The first kappa shape index (κ1) is 8.96. The van der Waals surface area contributed by atoms with Crippen molar-refractivity contribution in [2.45, 2.75) is 46.6 Å². The summed E-state index contributed by atoms with van der Waals surface area (Å²) in [6, 6.07) is 0. The lowest BCUT2D eigenvalue weighted by Crippen LogP contribution is -2.24. The molecule has 0 fully saturated rings. The smallest absolute Gasteiger partial charge is 0.0978 e. The zero-order chi connectivity index (χ0) is 7.49. The Kier molecular flexibility index (Phi) is 3.20. The molecular formula is C8H17O. The van der Waals surface area contributed by atoms with Crippen molar-refractivity contribution in [2.24, 2.45) is 5.41 Å². The average molecular weight is 129 g/mol. The molecule has 9 heavy (non-hydrogen) atoms. The highest BCUT2D eigenvalue weighted by molar-refractivity contribution is 4.71. The van der Waals surface area contributed by atoms with Crippen LogP contribution < -0.4 is 0 Å². The van der Waals surface area contributed by atoms with Gasteiger partial charge in [-0.25, -0.2) is 5.11 Å². The molecule has 0 N–H and O–H groups in total. The Morgan fingerprint density at radius 2 is 1.78 bits per heavy atom. The minimum atomic E-state index is -0.387. The van der Waals surface area contributed by atoms with E-state index in [4.69, 9.17) is 0 Å². The molecule has 0 saturated carbocycles. The zero-order valence-corrected chi connectivity index (χ0v) is 6.90. The maximum absolute atomic E-state index is 11.1. The van der Waals surface area contributed by atoms with Crippen LogP contribution in [0, 0.1) is 5.41 Å². The first-order valence-corrected chi connectivity index (χ1v) is 3.64. The summed E-state index contributed by atoms with van der Waals surface area (Å²) in [5.74, 6) is 0. The van der Waals surface area contributed by atoms with E-state index < -0.39 is 0 Å². The molecule has 55 valence electrons. The van der Waals surface area contributed by atoms with Crippen LogP contribution in [0.5, 0.6) is 0 Å². The standard InChI is InChI=1S/C8H17O/c1-5-6-7(9)8(2,3)4/h7H,5-6H2,1-4H3.